The van der Waals surface area contributed by atoms with Crippen LogP contribution in [0.15, 0.2) is 41.6 Å². The van der Waals surface area contributed by atoms with E-state index < -0.39 is 12.2 Å². The van der Waals surface area contributed by atoms with Crippen LogP contribution in [-0.2, 0) is 0 Å². The summed E-state index contributed by atoms with van der Waals surface area (Å²) in [5, 5.41) is 0.383. The van der Waals surface area contributed by atoms with E-state index >= 15 is 0 Å². The molecule has 2 rings (SSSR count). The molecule has 124 valence electrons. The highest BCUT2D eigenvalue weighted by Crippen LogP contribution is 2.41. The third-order valence-electron chi connectivity index (χ3n) is 2.90. The number of rotatable bonds is 5. The van der Waals surface area contributed by atoms with Crippen LogP contribution in [0.1, 0.15) is 11.6 Å². The van der Waals surface area contributed by atoms with Gasteiger partial charge in [0.05, 0.1) is 12.0 Å². The van der Waals surface area contributed by atoms with E-state index in [1.165, 1.54) is 50.8 Å². The SMILES string of the molecule is COc1ncc(SN(C)[C@H](c2ccc(Cl)cc2)C(F)(F)F)cn1. The minimum absolute atomic E-state index is 0.103. The maximum Gasteiger partial charge on any atom is 0.408 e. The summed E-state index contributed by atoms with van der Waals surface area (Å²) >= 11 is 6.64. The molecule has 0 radical (unpaired) electrons. The van der Waals surface area contributed by atoms with Crippen LogP contribution in [0.4, 0.5) is 13.2 Å². The fourth-order valence-corrected chi connectivity index (χ4v) is 2.93. The molecule has 0 N–H and O–H groups in total. The number of nitrogens with zero attached hydrogens (tertiary/aromatic N) is 3. The average molecular weight is 364 g/mol. The Morgan fingerprint density at radius 3 is 2.22 bits per heavy atom. The normalized spacial score (nSPS) is 13.2. The molecule has 23 heavy (non-hydrogen) atoms. The molecule has 0 aliphatic carbocycles. The van der Waals surface area contributed by atoms with E-state index in [2.05, 4.69) is 9.97 Å². The van der Waals surface area contributed by atoms with E-state index in [4.69, 9.17) is 16.3 Å². The van der Waals surface area contributed by atoms with E-state index in [0.717, 1.165) is 16.3 Å². The van der Waals surface area contributed by atoms with Crippen LogP contribution in [0.25, 0.3) is 0 Å². The van der Waals surface area contributed by atoms with Gasteiger partial charge >= 0.3 is 12.2 Å². The molecule has 4 nitrogen and oxygen atoms in total. The maximum atomic E-state index is 13.4. The number of hydrogen-bond acceptors (Lipinski definition) is 5. The molecule has 0 fully saturated rings. The number of ether oxygens (including phenoxy) is 1. The lowest BCUT2D eigenvalue weighted by atomic mass is 10.1. The molecule has 1 aromatic heterocycles. The molecule has 0 bridgehead atoms. The summed E-state index contributed by atoms with van der Waals surface area (Å²) in [6.07, 6.45) is -1.63. The van der Waals surface area contributed by atoms with Gasteiger partial charge in [-0.25, -0.2) is 14.3 Å². The van der Waals surface area contributed by atoms with Gasteiger partial charge < -0.3 is 4.74 Å². The molecule has 0 aliphatic rings. The molecule has 0 amide bonds. The Kier molecular flexibility index (Phi) is 5.72. The lowest BCUT2D eigenvalue weighted by Crippen LogP contribution is -2.31. The number of halogens is 4. The number of aromatic nitrogens is 2. The summed E-state index contributed by atoms with van der Waals surface area (Å²) in [5.41, 5.74) is 0.103. The van der Waals surface area contributed by atoms with Gasteiger partial charge in [-0.3, -0.25) is 0 Å². The van der Waals surface area contributed by atoms with Crippen molar-refractivity contribution >= 4 is 23.5 Å². The lowest BCUT2D eigenvalue weighted by molar-refractivity contribution is -0.169. The van der Waals surface area contributed by atoms with Gasteiger partial charge in [-0.2, -0.15) is 13.2 Å². The predicted octanol–water partition coefficient (Wildman–Crippen LogP) is 4.38. The predicted molar refractivity (Wildman–Crippen MR) is 82.5 cm³/mol. The number of hydrogen-bond donors (Lipinski definition) is 0. The van der Waals surface area contributed by atoms with Crippen molar-refractivity contribution in [3.8, 4) is 6.01 Å². The average Bonchev–Trinajstić information content (AvgIpc) is 2.49. The van der Waals surface area contributed by atoms with E-state index in [1.54, 1.807) is 0 Å². The second-order valence-corrected chi connectivity index (χ2v) is 6.21. The zero-order valence-corrected chi connectivity index (χ0v) is 13.8. The largest absolute Gasteiger partial charge is 0.467 e. The number of alkyl halides is 3. The summed E-state index contributed by atoms with van der Waals surface area (Å²) in [7, 11) is 2.77. The first-order chi connectivity index (χ1) is 10.8. The highest BCUT2D eigenvalue weighted by Gasteiger charge is 2.44. The Morgan fingerprint density at radius 1 is 1.17 bits per heavy atom. The van der Waals surface area contributed by atoms with E-state index in [0.29, 0.717) is 9.92 Å². The Morgan fingerprint density at radius 2 is 1.74 bits per heavy atom. The van der Waals surface area contributed by atoms with Gasteiger partial charge in [0.25, 0.3) is 0 Å². The first-order valence-electron chi connectivity index (χ1n) is 6.40. The Balaban J connectivity index is 2.22. The third kappa shape index (κ3) is 4.73. The highest BCUT2D eigenvalue weighted by molar-refractivity contribution is 7.97. The van der Waals surface area contributed by atoms with E-state index in [-0.39, 0.29) is 11.6 Å². The second-order valence-electron chi connectivity index (χ2n) is 4.54. The van der Waals surface area contributed by atoms with Gasteiger partial charge in [0.2, 0.25) is 0 Å². The number of methoxy groups -OCH3 is 1. The minimum Gasteiger partial charge on any atom is -0.467 e. The molecule has 9 heteroatoms. The van der Waals surface area contributed by atoms with Crippen molar-refractivity contribution in [2.45, 2.75) is 17.1 Å². The molecule has 1 atom stereocenters. The summed E-state index contributed by atoms with van der Waals surface area (Å²) < 4.78 is 46.2. The van der Waals surface area contributed by atoms with Crippen molar-refractivity contribution in [3.05, 3.63) is 47.2 Å². The fraction of sp³-hybridized carbons (Fsp3) is 0.286. The van der Waals surface area contributed by atoms with Gasteiger partial charge in [0, 0.05) is 17.4 Å². The smallest absolute Gasteiger partial charge is 0.408 e. The van der Waals surface area contributed by atoms with Gasteiger partial charge in [-0.1, -0.05) is 23.7 Å². The van der Waals surface area contributed by atoms with Crippen molar-refractivity contribution in [2.75, 3.05) is 14.2 Å². The molecule has 0 saturated carbocycles. The number of benzene rings is 1. The van der Waals surface area contributed by atoms with Gasteiger partial charge in [0.1, 0.15) is 6.04 Å². The molecule has 0 saturated heterocycles. The van der Waals surface area contributed by atoms with Crippen LogP contribution in [0.3, 0.4) is 0 Å². The van der Waals surface area contributed by atoms with Crippen molar-refractivity contribution in [2.24, 2.45) is 0 Å². The molecule has 2 aromatic rings. The van der Waals surface area contributed by atoms with Crippen LogP contribution in [0.2, 0.25) is 5.02 Å². The van der Waals surface area contributed by atoms with Crippen molar-refractivity contribution in [1.29, 1.82) is 0 Å². The van der Waals surface area contributed by atoms with Crippen molar-refractivity contribution < 1.29 is 17.9 Å². The van der Waals surface area contributed by atoms with Crippen molar-refractivity contribution in [1.82, 2.24) is 14.3 Å². The molecule has 0 unspecified atom stereocenters. The topological polar surface area (TPSA) is 38.2 Å². The minimum atomic E-state index is -4.44. The monoisotopic (exact) mass is 363 g/mol. The second kappa shape index (κ2) is 7.37. The first-order valence-corrected chi connectivity index (χ1v) is 7.55. The Hall–Kier alpha value is -1.51. The molecule has 0 spiro atoms. The Bertz CT molecular complexity index is 637. The van der Waals surface area contributed by atoms with Gasteiger partial charge in [0.15, 0.2) is 0 Å². The van der Waals surface area contributed by atoms with Crippen molar-refractivity contribution in [3.63, 3.8) is 0 Å². The quantitative estimate of drug-likeness (QED) is 0.737. The summed E-state index contributed by atoms with van der Waals surface area (Å²) in [4.78, 5) is 8.22. The van der Waals surface area contributed by atoms with E-state index in [9.17, 15) is 13.2 Å². The van der Waals surface area contributed by atoms with Crippen LogP contribution >= 0.6 is 23.5 Å². The molecule has 1 heterocycles. The summed E-state index contributed by atoms with van der Waals surface area (Å²) in [6.45, 7) is 0. The first kappa shape index (κ1) is 17.8. The third-order valence-corrected chi connectivity index (χ3v) is 4.07. The maximum absolute atomic E-state index is 13.4. The molecule has 1 aromatic carbocycles. The van der Waals surface area contributed by atoms with Crippen LogP contribution < -0.4 is 4.74 Å². The van der Waals surface area contributed by atoms with Crippen LogP contribution in [0, 0.1) is 0 Å². The molecule has 0 aliphatic heterocycles. The summed E-state index contributed by atoms with van der Waals surface area (Å²) in [5.74, 6) is 0. The zero-order valence-electron chi connectivity index (χ0n) is 12.2. The lowest BCUT2D eigenvalue weighted by Gasteiger charge is -2.29. The standard InChI is InChI=1S/C14H13ClF3N3OS/c1-21(23-11-7-19-13(22-2)20-8-11)12(14(16,17)18)9-3-5-10(15)6-4-9/h3-8,12H,1-2H3/t12-/m1/s1. The van der Waals surface area contributed by atoms with Gasteiger partial charge in [-0.05, 0) is 36.7 Å². The van der Waals surface area contributed by atoms with Gasteiger partial charge in [-0.15, -0.1) is 0 Å². The van der Waals surface area contributed by atoms with E-state index in [1.807, 2.05) is 0 Å². The zero-order chi connectivity index (χ0) is 17.0. The molecular weight excluding hydrogens is 351 g/mol. The van der Waals surface area contributed by atoms with Crippen LogP contribution in [-0.4, -0.2) is 34.6 Å². The fourth-order valence-electron chi connectivity index (χ4n) is 1.93. The van der Waals surface area contributed by atoms with Crippen LogP contribution in [0.5, 0.6) is 6.01 Å². The molecular formula is C14H13ClF3N3OS. The Labute approximate surface area is 140 Å². The summed E-state index contributed by atoms with van der Waals surface area (Å²) in [6, 6.07) is 3.97. The highest BCUT2D eigenvalue weighted by atomic mass is 35.5.